The minimum absolute atomic E-state index is 0.0187. The van der Waals surface area contributed by atoms with E-state index in [9.17, 15) is 9.59 Å². The van der Waals surface area contributed by atoms with Crippen LogP contribution in [0.25, 0.3) is 0 Å². The highest BCUT2D eigenvalue weighted by Gasteiger charge is 2.42. The van der Waals surface area contributed by atoms with E-state index in [1.54, 1.807) is 23.4 Å². The van der Waals surface area contributed by atoms with Crippen molar-refractivity contribution >= 4 is 40.0 Å². The largest absolute Gasteiger partial charge is 0.444 e. The number of thioether (sulfide) groups is 1. The second-order valence-corrected chi connectivity index (χ2v) is 11.0. The van der Waals surface area contributed by atoms with Gasteiger partial charge in [-0.15, -0.1) is 11.8 Å². The second-order valence-electron chi connectivity index (χ2n) is 8.70. The van der Waals surface area contributed by atoms with Gasteiger partial charge >= 0.3 is 0 Å². The molecule has 174 valence electrons. The highest BCUT2D eigenvalue weighted by Crippen LogP contribution is 2.47. The Morgan fingerprint density at radius 3 is 2.81 bits per heavy atom. The number of aromatic nitrogens is 2. The molecule has 2 aromatic rings. The van der Waals surface area contributed by atoms with E-state index < -0.39 is 0 Å². The number of amides is 2. The van der Waals surface area contributed by atoms with Crippen molar-refractivity contribution in [3.63, 3.8) is 0 Å². The van der Waals surface area contributed by atoms with Gasteiger partial charge in [0.2, 0.25) is 17.7 Å². The lowest BCUT2D eigenvalue weighted by Gasteiger charge is -2.30. The average Bonchev–Trinajstić information content (AvgIpc) is 3.18. The van der Waals surface area contributed by atoms with E-state index in [-0.39, 0.29) is 23.1 Å². The highest BCUT2D eigenvalue weighted by atomic mass is 32.2. The molecule has 0 aromatic carbocycles. The van der Waals surface area contributed by atoms with Gasteiger partial charge in [-0.3, -0.25) is 14.8 Å². The van der Waals surface area contributed by atoms with Gasteiger partial charge in [0.05, 0.1) is 22.4 Å². The first-order valence-electron chi connectivity index (χ1n) is 11.0. The molecule has 0 spiro atoms. The molecule has 1 saturated carbocycles. The van der Waals surface area contributed by atoms with E-state index in [0.29, 0.717) is 23.7 Å². The van der Waals surface area contributed by atoms with E-state index in [0.717, 1.165) is 61.2 Å². The summed E-state index contributed by atoms with van der Waals surface area (Å²) in [5.74, 6) is 1.97. The molecule has 0 atom stereocenters. The molecule has 11 heteroatoms. The van der Waals surface area contributed by atoms with Crippen LogP contribution in [0.15, 0.2) is 21.0 Å². The highest BCUT2D eigenvalue weighted by molar-refractivity contribution is 8.00. The Bertz CT molecular complexity index is 934. The molecule has 2 amide bonds. The molecule has 0 unspecified atom stereocenters. The van der Waals surface area contributed by atoms with Crippen molar-refractivity contribution in [2.24, 2.45) is 5.92 Å². The number of oxazole rings is 1. The third kappa shape index (κ3) is 6.09. The molecular formula is C21H29N5O4S2. The summed E-state index contributed by atoms with van der Waals surface area (Å²) in [5, 5.41) is 12.1. The first kappa shape index (κ1) is 23.2. The van der Waals surface area contributed by atoms with Gasteiger partial charge < -0.3 is 14.6 Å². The Labute approximate surface area is 195 Å². The van der Waals surface area contributed by atoms with Crippen LogP contribution >= 0.6 is 23.1 Å². The fraction of sp³-hybridized carbons (Fsp3) is 0.619. The van der Waals surface area contributed by atoms with Crippen LogP contribution < -0.4 is 10.8 Å². The smallest absolute Gasteiger partial charge is 0.243 e. The van der Waals surface area contributed by atoms with Gasteiger partial charge in [0, 0.05) is 17.8 Å². The second kappa shape index (κ2) is 10.3. The van der Waals surface area contributed by atoms with Gasteiger partial charge in [-0.25, -0.2) is 15.4 Å². The summed E-state index contributed by atoms with van der Waals surface area (Å²) >= 11 is 3.08. The van der Waals surface area contributed by atoms with Crippen molar-refractivity contribution in [1.29, 1.82) is 0 Å². The molecule has 3 N–H and O–H groups in total. The van der Waals surface area contributed by atoms with E-state index in [2.05, 4.69) is 27.1 Å². The molecule has 3 heterocycles. The van der Waals surface area contributed by atoms with Crippen LogP contribution in [0.4, 0.5) is 5.13 Å². The average molecular weight is 480 g/mol. The quantitative estimate of drug-likeness (QED) is 0.269. The van der Waals surface area contributed by atoms with Crippen LogP contribution in [0, 0.1) is 5.92 Å². The first-order chi connectivity index (χ1) is 15.4. The van der Waals surface area contributed by atoms with Gasteiger partial charge in [0.25, 0.3) is 0 Å². The standard InChI is InChI=1S/C21H29N5O4S2/c1-21(6-7-21)15-11-22-17(30-15)13-31-18-12-23-20(32-18)24-19(28)14-4-9-26(10-5-14)8-2-3-16(27)25-29/h11-12,14,29H,2-10,13H2,1H3,(H,25,27)(H,23,24,28). The number of piperidine rings is 1. The van der Waals surface area contributed by atoms with Crippen molar-refractivity contribution in [2.45, 2.75) is 60.8 Å². The van der Waals surface area contributed by atoms with Crippen molar-refractivity contribution in [3.8, 4) is 0 Å². The number of carbonyl (C=O) groups excluding carboxylic acids is 2. The molecular weight excluding hydrogens is 450 g/mol. The zero-order valence-electron chi connectivity index (χ0n) is 18.1. The Balaban J connectivity index is 1.17. The van der Waals surface area contributed by atoms with E-state index in [1.807, 2.05) is 6.20 Å². The zero-order valence-corrected chi connectivity index (χ0v) is 19.8. The summed E-state index contributed by atoms with van der Waals surface area (Å²) < 4.78 is 6.89. The number of likely N-dealkylation sites (tertiary alicyclic amines) is 1. The zero-order chi connectivity index (χ0) is 22.6. The monoisotopic (exact) mass is 479 g/mol. The molecule has 2 fully saturated rings. The van der Waals surface area contributed by atoms with Gasteiger partial charge in [-0.2, -0.15) is 0 Å². The lowest BCUT2D eigenvalue weighted by molar-refractivity contribution is -0.129. The van der Waals surface area contributed by atoms with Crippen molar-refractivity contribution in [1.82, 2.24) is 20.3 Å². The molecule has 2 aromatic heterocycles. The van der Waals surface area contributed by atoms with Gasteiger partial charge in [0.1, 0.15) is 5.76 Å². The molecule has 1 saturated heterocycles. The van der Waals surface area contributed by atoms with E-state index in [1.165, 1.54) is 11.3 Å². The first-order valence-corrected chi connectivity index (χ1v) is 12.8. The SMILES string of the molecule is CC1(c2cnc(CSc3cnc(NC(=O)C4CCN(CCCC(=O)NO)CC4)s3)o2)CC1. The molecule has 1 aliphatic carbocycles. The fourth-order valence-corrected chi connectivity index (χ4v) is 5.48. The maximum Gasteiger partial charge on any atom is 0.243 e. The molecule has 2 aliphatic rings. The number of nitrogens with zero attached hydrogens (tertiary/aromatic N) is 3. The number of thiazole rings is 1. The number of hydrogen-bond donors (Lipinski definition) is 3. The fourth-order valence-electron chi connectivity index (χ4n) is 3.75. The van der Waals surface area contributed by atoms with Crippen molar-refractivity contribution in [3.05, 3.63) is 24.0 Å². The minimum atomic E-state index is -0.363. The summed E-state index contributed by atoms with van der Waals surface area (Å²) in [7, 11) is 0. The Kier molecular flexibility index (Phi) is 7.49. The maximum absolute atomic E-state index is 12.6. The predicted molar refractivity (Wildman–Crippen MR) is 122 cm³/mol. The van der Waals surface area contributed by atoms with Crippen LogP contribution in [0.1, 0.15) is 57.1 Å². The molecule has 1 aliphatic heterocycles. The topological polar surface area (TPSA) is 121 Å². The number of hydroxylamine groups is 1. The number of anilines is 1. The van der Waals surface area contributed by atoms with Crippen molar-refractivity contribution in [2.75, 3.05) is 25.0 Å². The Morgan fingerprint density at radius 2 is 2.09 bits per heavy atom. The normalized spacial score (nSPS) is 18.4. The van der Waals surface area contributed by atoms with Crippen LogP contribution in [0.3, 0.4) is 0 Å². The molecule has 32 heavy (non-hydrogen) atoms. The number of rotatable bonds is 10. The van der Waals surface area contributed by atoms with Crippen LogP contribution in [0.5, 0.6) is 0 Å². The van der Waals surface area contributed by atoms with Crippen LogP contribution in [0.2, 0.25) is 0 Å². The summed E-state index contributed by atoms with van der Waals surface area (Å²) in [6, 6.07) is 0. The molecule has 0 radical (unpaired) electrons. The number of nitrogens with one attached hydrogen (secondary N) is 2. The maximum atomic E-state index is 12.6. The minimum Gasteiger partial charge on any atom is -0.444 e. The summed E-state index contributed by atoms with van der Waals surface area (Å²) in [5.41, 5.74) is 1.83. The third-order valence-corrected chi connectivity index (χ3v) is 8.25. The third-order valence-electron chi connectivity index (χ3n) is 6.16. The van der Waals surface area contributed by atoms with E-state index >= 15 is 0 Å². The predicted octanol–water partition coefficient (Wildman–Crippen LogP) is 3.41. The van der Waals surface area contributed by atoms with Gasteiger partial charge in [0.15, 0.2) is 5.13 Å². The lowest BCUT2D eigenvalue weighted by atomic mass is 9.96. The van der Waals surface area contributed by atoms with Crippen molar-refractivity contribution < 1.29 is 19.2 Å². The van der Waals surface area contributed by atoms with Crippen LogP contribution in [-0.2, 0) is 20.8 Å². The van der Waals surface area contributed by atoms with Crippen LogP contribution in [-0.4, -0.2) is 51.5 Å². The van der Waals surface area contributed by atoms with Gasteiger partial charge in [-0.1, -0.05) is 18.3 Å². The Morgan fingerprint density at radius 1 is 1.31 bits per heavy atom. The van der Waals surface area contributed by atoms with Gasteiger partial charge in [-0.05, 0) is 51.7 Å². The lowest BCUT2D eigenvalue weighted by Crippen LogP contribution is -2.38. The summed E-state index contributed by atoms with van der Waals surface area (Å²) in [6.45, 7) is 4.65. The molecule has 9 nitrogen and oxygen atoms in total. The van der Waals surface area contributed by atoms with E-state index in [4.69, 9.17) is 9.62 Å². The summed E-state index contributed by atoms with van der Waals surface area (Å²) in [4.78, 5) is 34.7. The summed E-state index contributed by atoms with van der Waals surface area (Å²) in [6.07, 6.45) is 8.52. The number of carbonyl (C=O) groups is 2. The Hall–Kier alpha value is -1.95. The molecule has 4 rings (SSSR count). The molecule has 0 bridgehead atoms. The number of hydrogen-bond acceptors (Lipinski definition) is 9.